The number of nitrogens with zero attached hydrogens (tertiary/aromatic N) is 3. The average Bonchev–Trinajstić information content (AvgIpc) is 3.19. The van der Waals surface area contributed by atoms with E-state index in [1.165, 1.54) is 17.3 Å². The third-order valence-electron chi connectivity index (χ3n) is 4.35. The van der Waals surface area contributed by atoms with Crippen LogP contribution in [0.5, 0.6) is 5.75 Å². The van der Waals surface area contributed by atoms with Gasteiger partial charge in [-0.3, -0.25) is 4.79 Å². The van der Waals surface area contributed by atoms with Crippen LogP contribution < -0.4 is 9.64 Å². The number of carbonyl (C=O) groups is 1. The summed E-state index contributed by atoms with van der Waals surface area (Å²) in [5.74, 6) is 1.30. The van der Waals surface area contributed by atoms with Crippen LogP contribution in [-0.4, -0.2) is 28.4 Å². The normalized spacial score (nSPS) is 13.2. The molecule has 28 heavy (non-hydrogen) atoms. The maximum Gasteiger partial charge on any atom is 0.277 e. The second-order valence-corrected chi connectivity index (χ2v) is 7.63. The highest BCUT2D eigenvalue weighted by atomic mass is 35.5. The number of anilines is 1. The fourth-order valence-corrected chi connectivity index (χ4v) is 3.81. The van der Waals surface area contributed by atoms with E-state index in [-0.39, 0.29) is 18.3 Å². The van der Waals surface area contributed by atoms with E-state index in [2.05, 4.69) is 16.3 Å². The van der Waals surface area contributed by atoms with Crippen molar-refractivity contribution < 1.29 is 13.9 Å². The number of fused-ring (bicyclic) bond motifs is 1. The molecule has 4 rings (SSSR count). The van der Waals surface area contributed by atoms with Gasteiger partial charge in [0, 0.05) is 17.3 Å². The Labute approximate surface area is 171 Å². The van der Waals surface area contributed by atoms with Crippen LogP contribution in [0.25, 0.3) is 0 Å². The van der Waals surface area contributed by atoms with Crippen molar-refractivity contribution in [3.8, 4) is 5.75 Å². The summed E-state index contributed by atoms with van der Waals surface area (Å²) in [6, 6.07) is 15.1. The average molecular weight is 416 g/mol. The standard InChI is InChI=1S/C20H18ClN3O3S/c21-15-7-9-16(10-8-15)26-12-18-22-23-20(27-18)28-13-19(25)24-11-3-5-14-4-1-2-6-17(14)24/h1-2,4,6-10H,3,5,11-13H2. The molecule has 1 aliphatic heterocycles. The molecule has 0 saturated carbocycles. The molecular formula is C20H18ClN3O3S. The van der Waals surface area contributed by atoms with E-state index in [1.807, 2.05) is 23.1 Å². The SMILES string of the molecule is O=C(CSc1nnc(COc2ccc(Cl)cc2)o1)N1CCCc2ccccc21. The summed E-state index contributed by atoms with van der Waals surface area (Å²) >= 11 is 7.08. The number of para-hydroxylation sites is 1. The number of ether oxygens (including phenoxy) is 1. The molecular weight excluding hydrogens is 398 g/mol. The number of aromatic nitrogens is 2. The van der Waals surface area contributed by atoms with Crippen molar-refractivity contribution in [3.63, 3.8) is 0 Å². The summed E-state index contributed by atoms with van der Waals surface area (Å²) in [5, 5.41) is 8.94. The predicted molar refractivity (Wildman–Crippen MR) is 108 cm³/mol. The molecule has 3 aromatic rings. The van der Waals surface area contributed by atoms with E-state index in [1.54, 1.807) is 24.3 Å². The number of hydrogen-bond donors (Lipinski definition) is 0. The summed E-state index contributed by atoms with van der Waals surface area (Å²) in [5.41, 5.74) is 2.22. The van der Waals surface area contributed by atoms with Crippen LogP contribution in [0.2, 0.25) is 5.02 Å². The van der Waals surface area contributed by atoms with Gasteiger partial charge in [-0.25, -0.2) is 0 Å². The molecule has 0 radical (unpaired) electrons. The van der Waals surface area contributed by atoms with Gasteiger partial charge in [0.25, 0.3) is 11.1 Å². The molecule has 1 aliphatic rings. The number of thioether (sulfide) groups is 1. The molecule has 1 aromatic heterocycles. The highest BCUT2D eigenvalue weighted by molar-refractivity contribution is 7.99. The predicted octanol–water partition coefficient (Wildman–Crippen LogP) is 4.37. The molecule has 0 N–H and O–H groups in total. The van der Waals surface area contributed by atoms with Crippen LogP contribution in [0.1, 0.15) is 17.9 Å². The second-order valence-electron chi connectivity index (χ2n) is 6.27. The number of carbonyl (C=O) groups excluding carboxylic acids is 1. The number of rotatable bonds is 6. The minimum Gasteiger partial charge on any atom is -0.484 e. The number of aryl methyl sites for hydroxylation is 1. The Hall–Kier alpha value is -2.51. The quantitative estimate of drug-likeness (QED) is 0.557. The monoisotopic (exact) mass is 415 g/mol. The summed E-state index contributed by atoms with van der Waals surface area (Å²) in [6.45, 7) is 0.892. The lowest BCUT2D eigenvalue weighted by molar-refractivity contribution is -0.116. The van der Waals surface area contributed by atoms with Gasteiger partial charge < -0.3 is 14.1 Å². The lowest BCUT2D eigenvalue weighted by atomic mass is 10.0. The summed E-state index contributed by atoms with van der Waals surface area (Å²) < 4.78 is 11.1. The molecule has 144 valence electrons. The largest absolute Gasteiger partial charge is 0.484 e. The first-order chi connectivity index (χ1) is 13.7. The van der Waals surface area contributed by atoms with E-state index >= 15 is 0 Å². The van der Waals surface area contributed by atoms with Crippen LogP contribution in [0.3, 0.4) is 0 Å². The summed E-state index contributed by atoms with van der Waals surface area (Å²) in [4.78, 5) is 14.5. The van der Waals surface area contributed by atoms with Crippen LogP contribution in [0, 0.1) is 0 Å². The second kappa shape index (κ2) is 8.67. The van der Waals surface area contributed by atoms with Crippen LogP contribution in [0.15, 0.2) is 58.2 Å². The Morgan fingerprint density at radius 2 is 2.00 bits per heavy atom. The molecule has 1 amide bonds. The molecule has 0 fully saturated rings. The van der Waals surface area contributed by atoms with Crippen LogP contribution in [-0.2, 0) is 17.8 Å². The zero-order valence-corrected chi connectivity index (χ0v) is 16.6. The van der Waals surface area contributed by atoms with Crippen molar-refractivity contribution in [1.82, 2.24) is 10.2 Å². The van der Waals surface area contributed by atoms with E-state index < -0.39 is 0 Å². The molecule has 0 atom stereocenters. The highest BCUT2D eigenvalue weighted by Gasteiger charge is 2.22. The topological polar surface area (TPSA) is 68.5 Å². The van der Waals surface area contributed by atoms with Gasteiger partial charge in [-0.1, -0.05) is 41.6 Å². The molecule has 2 aromatic carbocycles. The number of benzene rings is 2. The molecule has 0 unspecified atom stereocenters. The number of halogens is 1. The Kier molecular flexibility index (Phi) is 5.83. The lowest BCUT2D eigenvalue weighted by Crippen LogP contribution is -2.36. The minimum absolute atomic E-state index is 0.0364. The maximum atomic E-state index is 12.7. The Bertz CT molecular complexity index is 961. The fraction of sp³-hybridized carbons (Fsp3) is 0.250. The lowest BCUT2D eigenvalue weighted by Gasteiger charge is -2.29. The third-order valence-corrected chi connectivity index (χ3v) is 5.41. The molecule has 8 heteroatoms. The molecule has 0 aliphatic carbocycles. The third kappa shape index (κ3) is 4.48. The van der Waals surface area contributed by atoms with Gasteiger partial charge in [-0.05, 0) is 48.7 Å². The molecule has 0 saturated heterocycles. The van der Waals surface area contributed by atoms with Gasteiger partial charge in [0.15, 0.2) is 6.61 Å². The van der Waals surface area contributed by atoms with Gasteiger partial charge in [0.2, 0.25) is 5.91 Å². The molecule has 2 heterocycles. The van der Waals surface area contributed by atoms with Crippen LogP contribution in [0.4, 0.5) is 5.69 Å². The Morgan fingerprint density at radius 3 is 2.86 bits per heavy atom. The van der Waals surface area contributed by atoms with Crippen molar-refractivity contribution in [2.24, 2.45) is 0 Å². The first-order valence-electron chi connectivity index (χ1n) is 8.91. The zero-order chi connectivity index (χ0) is 19.3. The van der Waals surface area contributed by atoms with Crippen molar-refractivity contribution >= 4 is 35.0 Å². The van der Waals surface area contributed by atoms with Crippen LogP contribution >= 0.6 is 23.4 Å². The van der Waals surface area contributed by atoms with Crippen molar-refractivity contribution in [2.45, 2.75) is 24.7 Å². The minimum atomic E-state index is 0.0364. The molecule has 6 nitrogen and oxygen atoms in total. The zero-order valence-electron chi connectivity index (χ0n) is 15.0. The Morgan fingerprint density at radius 1 is 1.18 bits per heavy atom. The molecule has 0 spiro atoms. The highest BCUT2D eigenvalue weighted by Crippen LogP contribution is 2.28. The molecule has 0 bridgehead atoms. The summed E-state index contributed by atoms with van der Waals surface area (Å²) in [6.07, 6.45) is 1.98. The van der Waals surface area contributed by atoms with Crippen molar-refractivity contribution in [1.29, 1.82) is 0 Å². The van der Waals surface area contributed by atoms with Gasteiger partial charge in [0.05, 0.1) is 5.75 Å². The first-order valence-corrected chi connectivity index (χ1v) is 10.3. The van der Waals surface area contributed by atoms with Crippen molar-refractivity contribution in [3.05, 3.63) is 65.0 Å². The fourth-order valence-electron chi connectivity index (χ4n) is 3.02. The first kappa shape index (κ1) is 18.8. The number of hydrogen-bond acceptors (Lipinski definition) is 6. The summed E-state index contributed by atoms with van der Waals surface area (Å²) in [7, 11) is 0. The smallest absolute Gasteiger partial charge is 0.277 e. The van der Waals surface area contributed by atoms with E-state index in [0.717, 1.165) is 25.1 Å². The van der Waals surface area contributed by atoms with Gasteiger partial charge in [-0.15, -0.1) is 10.2 Å². The van der Waals surface area contributed by atoms with Gasteiger partial charge >= 0.3 is 0 Å². The van der Waals surface area contributed by atoms with Gasteiger partial charge in [-0.2, -0.15) is 0 Å². The van der Waals surface area contributed by atoms with Crippen molar-refractivity contribution in [2.75, 3.05) is 17.2 Å². The Balaban J connectivity index is 1.31. The number of amides is 1. The van der Waals surface area contributed by atoms with E-state index in [9.17, 15) is 4.79 Å². The maximum absolute atomic E-state index is 12.7. The van der Waals surface area contributed by atoms with E-state index in [0.29, 0.717) is 21.9 Å². The van der Waals surface area contributed by atoms with E-state index in [4.69, 9.17) is 20.8 Å². The van der Waals surface area contributed by atoms with Gasteiger partial charge in [0.1, 0.15) is 5.75 Å².